The van der Waals surface area contributed by atoms with Gasteiger partial charge in [0.1, 0.15) is 5.75 Å². The van der Waals surface area contributed by atoms with Crippen molar-refractivity contribution in [2.24, 2.45) is 5.41 Å². The fraction of sp³-hybridized carbons (Fsp3) is 0.353. The van der Waals surface area contributed by atoms with Crippen LogP contribution < -0.4 is 20.3 Å². The zero-order chi connectivity index (χ0) is 29.2. The molecule has 42 heavy (non-hydrogen) atoms. The molecule has 0 spiro atoms. The van der Waals surface area contributed by atoms with Crippen molar-refractivity contribution in [3.8, 4) is 28.4 Å². The number of nitrogens with one attached hydrogen (secondary N) is 3. The molecular weight excluding hydrogens is 526 g/mol. The SMILES string of the molecule is CC1(C)CCCN(c2ccc(O)c(Oc3ccc(NC(=O)C4(c5ccc(-c6cn[nH]c6)cc5)CCNCC4)cc3)c2)C1. The minimum absolute atomic E-state index is 0.0106. The molecule has 1 amide bonds. The van der Waals surface area contributed by atoms with E-state index in [0.717, 1.165) is 67.8 Å². The Kier molecular flexibility index (Phi) is 7.64. The van der Waals surface area contributed by atoms with Gasteiger partial charge in [0, 0.05) is 42.3 Å². The number of phenols is 1. The number of nitrogens with zero attached hydrogens (tertiary/aromatic N) is 2. The van der Waals surface area contributed by atoms with Gasteiger partial charge in [-0.25, -0.2) is 0 Å². The lowest BCUT2D eigenvalue weighted by molar-refractivity contribution is -0.122. The van der Waals surface area contributed by atoms with Gasteiger partial charge in [0.2, 0.25) is 5.91 Å². The summed E-state index contributed by atoms with van der Waals surface area (Å²) in [5.74, 6) is 1.09. The van der Waals surface area contributed by atoms with Crippen molar-refractivity contribution < 1.29 is 14.6 Å². The molecule has 218 valence electrons. The summed E-state index contributed by atoms with van der Waals surface area (Å²) in [6.07, 6.45) is 7.45. The molecule has 3 aromatic carbocycles. The maximum atomic E-state index is 13.8. The Bertz CT molecular complexity index is 1510. The number of carbonyl (C=O) groups excluding carboxylic acids is 1. The lowest BCUT2D eigenvalue weighted by Crippen LogP contribution is -2.48. The molecule has 0 bridgehead atoms. The number of hydrogen-bond donors (Lipinski definition) is 4. The van der Waals surface area contributed by atoms with E-state index in [1.165, 1.54) is 6.42 Å². The number of carbonyl (C=O) groups is 1. The zero-order valence-corrected chi connectivity index (χ0v) is 24.3. The van der Waals surface area contributed by atoms with Gasteiger partial charge in [-0.1, -0.05) is 38.1 Å². The summed E-state index contributed by atoms with van der Waals surface area (Å²) in [6, 6.07) is 21.1. The summed E-state index contributed by atoms with van der Waals surface area (Å²) in [5.41, 5.74) is 4.48. The minimum atomic E-state index is -0.620. The molecule has 0 atom stereocenters. The number of ether oxygens (including phenoxy) is 1. The number of aromatic amines is 1. The number of rotatable bonds is 7. The molecule has 2 saturated heterocycles. The first-order chi connectivity index (χ1) is 20.3. The summed E-state index contributed by atoms with van der Waals surface area (Å²) in [4.78, 5) is 16.2. The molecule has 8 heteroatoms. The second kappa shape index (κ2) is 11.5. The van der Waals surface area contributed by atoms with E-state index in [4.69, 9.17) is 4.74 Å². The first-order valence-corrected chi connectivity index (χ1v) is 14.8. The molecule has 0 aliphatic carbocycles. The van der Waals surface area contributed by atoms with Crippen molar-refractivity contribution in [1.29, 1.82) is 0 Å². The van der Waals surface area contributed by atoms with Crippen LogP contribution in [0.1, 0.15) is 45.1 Å². The Balaban J connectivity index is 1.16. The number of aromatic hydroxyl groups is 1. The average molecular weight is 566 g/mol. The standard InChI is InChI=1S/C34H39N5O3/c1-33(2)14-3-19-39(23-33)28-10-13-30(40)31(20-28)42-29-11-8-27(9-12-29)38-32(41)34(15-17-35-18-16-34)26-6-4-24(5-7-26)25-21-36-37-22-25/h4-13,20-22,35,40H,3,14-19,23H2,1-2H3,(H,36,37)(H,38,41). The average Bonchev–Trinajstić information content (AvgIpc) is 3.54. The lowest BCUT2D eigenvalue weighted by Gasteiger charge is -2.39. The molecule has 2 fully saturated rings. The van der Waals surface area contributed by atoms with Crippen molar-refractivity contribution >= 4 is 17.3 Å². The number of hydrogen-bond acceptors (Lipinski definition) is 6. The molecule has 4 aromatic rings. The predicted molar refractivity (Wildman–Crippen MR) is 166 cm³/mol. The van der Waals surface area contributed by atoms with E-state index in [9.17, 15) is 9.90 Å². The third-order valence-corrected chi connectivity index (χ3v) is 8.71. The van der Waals surface area contributed by atoms with Crippen LogP contribution >= 0.6 is 0 Å². The topological polar surface area (TPSA) is 103 Å². The quantitative estimate of drug-likeness (QED) is 0.205. The van der Waals surface area contributed by atoms with Gasteiger partial charge in [0.05, 0.1) is 11.6 Å². The minimum Gasteiger partial charge on any atom is -0.504 e. The van der Waals surface area contributed by atoms with Crippen molar-refractivity contribution in [1.82, 2.24) is 15.5 Å². The van der Waals surface area contributed by atoms with Gasteiger partial charge in [-0.2, -0.15) is 5.10 Å². The molecule has 0 radical (unpaired) electrons. The maximum Gasteiger partial charge on any atom is 0.235 e. The lowest BCUT2D eigenvalue weighted by atomic mass is 9.72. The van der Waals surface area contributed by atoms with E-state index in [2.05, 4.69) is 63.8 Å². The second-order valence-corrected chi connectivity index (χ2v) is 12.3. The Morgan fingerprint density at radius 3 is 2.43 bits per heavy atom. The molecule has 3 heterocycles. The number of amides is 1. The zero-order valence-electron chi connectivity index (χ0n) is 24.3. The molecule has 1 aromatic heterocycles. The molecule has 8 nitrogen and oxygen atoms in total. The number of aromatic nitrogens is 2. The van der Waals surface area contributed by atoms with Crippen molar-refractivity contribution in [2.45, 2.75) is 44.9 Å². The normalized spacial score (nSPS) is 17.9. The van der Waals surface area contributed by atoms with Gasteiger partial charge in [-0.15, -0.1) is 0 Å². The smallest absolute Gasteiger partial charge is 0.235 e. The number of phenolic OH excluding ortho intramolecular Hbond substituents is 1. The Labute approximate surface area is 247 Å². The largest absolute Gasteiger partial charge is 0.504 e. The van der Waals surface area contributed by atoms with Gasteiger partial charge in [0.25, 0.3) is 0 Å². The van der Waals surface area contributed by atoms with Crippen LogP contribution in [0.3, 0.4) is 0 Å². The predicted octanol–water partition coefficient (Wildman–Crippen LogP) is 6.46. The van der Waals surface area contributed by atoms with E-state index in [1.54, 1.807) is 12.3 Å². The van der Waals surface area contributed by atoms with Crippen LogP contribution in [0.4, 0.5) is 11.4 Å². The molecule has 0 saturated carbocycles. The van der Waals surface area contributed by atoms with Crippen LogP contribution in [-0.2, 0) is 10.2 Å². The van der Waals surface area contributed by atoms with Crippen LogP contribution in [0.15, 0.2) is 79.1 Å². The molecule has 0 unspecified atom stereocenters. The Morgan fingerprint density at radius 2 is 1.74 bits per heavy atom. The summed E-state index contributed by atoms with van der Waals surface area (Å²) in [7, 11) is 0. The molecule has 6 rings (SSSR count). The summed E-state index contributed by atoms with van der Waals surface area (Å²) in [6.45, 7) is 8.11. The first kappa shape index (κ1) is 27.8. The Hall–Kier alpha value is -4.30. The highest BCUT2D eigenvalue weighted by Crippen LogP contribution is 2.39. The van der Waals surface area contributed by atoms with Crippen LogP contribution in [-0.4, -0.2) is 47.4 Å². The van der Waals surface area contributed by atoms with Crippen LogP contribution in [0, 0.1) is 5.41 Å². The van der Waals surface area contributed by atoms with E-state index >= 15 is 0 Å². The van der Waals surface area contributed by atoms with E-state index in [1.807, 2.05) is 42.6 Å². The number of piperidine rings is 2. The summed E-state index contributed by atoms with van der Waals surface area (Å²) >= 11 is 0. The summed E-state index contributed by atoms with van der Waals surface area (Å²) < 4.78 is 6.10. The highest BCUT2D eigenvalue weighted by Gasteiger charge is 2.41. The molecular formula is C34H39N5O3. The second-order valence-electron chi connectivity index (χ2n) is 12.3. The fourth-order valence-electron chi connectivity index (χ4n) is 6.30. The van der Waals surface area contributed by atoms with Crippen LogP contribution in [0.2, 0.25) is 0 Å². The first-order valence-electron chi connectivity index (χ1n) is 14.8. The molecule has 2 aliphatic rings. The van der Waals surface area contributed by atoms with E-state index in [0.29, 0.717) is 17.2 Å². The fourth-order valence-corrected chi connectivity index (χ4v) is 6.30. The third-order valence-electron chi connectivity index (χ3n) is 8.71. The van der Waals surface area contributed by atoms with Crippen LogP contribution in [0.25, 0.3) is 11.1 Å². The number of H-pyrrole nitrogens is 1. The molecule has 4 N–H and O–H groups in total. The molecule has 2 aliphatic heterocycles. The highest BCUT2D eigenvalue weighted by atomic mass is 16.5. The highest BCUT2D eigenvalue weighted by molar-refractivity contribution is 5.99. The maximum absolute atomic E-state index is 13.8. The van der Waals surface area contributed by atoms with Crippen molar-refractivity contribution in [3.63, 3.8) is 0 Å². The Morgan fingerprint density at radius 1 is 0.976 bits per heavy atom. The van der Waals surface area contributed by atoms with Gasteiger partial charge in [-0.05, 0) is 91.7 Å². The third kappa shape index (κ3) is 5.85. The van der Waals surface area contributed by atoms with Gasteiger partial charge < -0.3 is 25.4 Å². The van der Waals surface area contributed by atoms with Gasteiger partial charge in [-0.3, -0.25) is 9.89 Å². The van der Waals surface area contributed by atoms with Crippen LogP contribution in [0.5, 0.6) is 17.2 Å². The van der Waals surface area contributed by atoms with Gasteiger partial charge >= 0.3 is 0 Å². The number of benzene rings is 3. The van der Waals surface area contributed by atoms with E-state index in [-0.39, 0.29) is 17.1 Å². The monoisotopic (exact) mass is 565 g/mol. The van der Waals surface area contributed by atoms with Gasteiger partial charge in [0.15, 0.2) is 11.5 Å². The van der Waals surface area contributed by atoms with Crippen molar-refractivity contribution in [2.75, 3.05) is 36.4 Å². The van der Waals surface area contributed by atoms with E-state index < -0.39 is 5.41 Å². The van der Waals surface area contributed by atoms with Crippen molar-refractivity contribution in [3.05, 3.63) is 84.7 Å². The summed E-state index contributed by atoms with van der Waals surface area (Å²) in [5, 5.41) is 24.0. The number of anilines is 2.